The van der Waals surface area contributed by atoms with E-state index in [1.54, 1.807) is 6.20 Å². The summed E-state index contributed by atoms with van der Waals surface area (Å²) in [6.45, 7) is 0. The Labute approximate surface area is 98.1 Å². The van der Waals surface area contributed by atoms with Gasteiger partial charge in [-0.3, -0.25) is 9.78 Å². The predicted molar refractivity (Wildman–Crippen MR) is 57.7 cm³/mol. The second-order valence-electron chi connectivity index (χ2n) is 3.04. The highest BCUT2D eigenvalue weighted by atomic mass is 79.9. The summed E-state index contributed by atoms with van der Waals surface area (Å²) >= 11 is 6.71. The van der Waals surface area contributed by atoms with Crippen molar-refractivity contribution in [3.05, 3.63) is 26.9 Å². The average molecular weight is 321 g/mol. The largest absolute Gasteiger partial charge is 0.456 e. The number of carbonyl (C=O) groups is 1. The van der Waals surface area contributed by atoms with Crippen LogP contribution in [-0.4, -0.2) is 11.0 Å². The molecule has 1 aliphatic rings. The van der Waals surface area contributed by atoms with E-state index in [2.05, 4.69) is 36.8 Å². The van der Waals surface area contributed by atoms with Crippen molar-refractivity contribution in [1.29, 1.82) is 0 Å². The molecule has 1 atom stereocenters. The zero-order chi connectivity index (χ0) is 10.1. The van der Waals surface area contributed by atoms with Crippen LogP contribution in [0.3, 0.4) is 0 Å². The first-order valence-corrected chi connectivity index (χ1v) is 5.76. The molecule has 0 radical (unpaired) electrons. The molecule has 0 bridgehead atoms. The van der Waals surface area contributed by atoms with Crippen LogP contribution in [0.4, 0.5) is 0 Å². The van der Waals surface area contributed by atoms with Crippen molar-refractivity contribution in [3.8, 4) is 0 Å². The summed E-state index contributed by atoms with van der Waals surface area (Å²) in [5, 5.41) is 0. The molecule has 2 heterocycles. The average Bonchev–Trinajstić information content (AvgIpc) is 2.51. The number of pyridine rings is 1. The SMILES string of the molecule is O=C1CCC(c2ncc(Br)cc2Br)O1. The third kappa shape index (κ3) is 1.98. The molecule has 1 unspecified atom stereocenters. The number of esters is 1. The minimum Gasteiger partial charge on any atom is -0.456 e. The van der Waals surface area contributed by atoms with E-state index in [1.807, 2.05) is 6.07 Å². The van der Waals surface area contributed by atoms with Crippen molar-refractivity contribution in [2.75, 3.05) is 0 Å². The van der Waals surface area contributed by atoms with Gasteiger partial charge in [0.25, 0.3) is 0 Å². The van der Waals surface area contributed by atoms with Crippen molar-refractivity contribution in [1.82, 2.24) is 4.98 Å². The maximum Gasteiger partial charge on any atom is 0.306 e. The van der Waals surface area contributed by atoms with E-state index in [0.29, 0.717) is 12.8 Å². The molecular weight excluding hydrogens is 314 g/mol. The van der Waals surface area contributed by atoms with E-state index in [9.17, 15) is 4.79 Å². The minimum absolute atomic E-state index is 0.147. The molecule has 3 nitrogen and oxygen atoms in total. The standard InChI is InChI=1S/C9H7Br2NO2/c10-5-3-6(11)9(12-4-5)7-1-2-8(13)14-7/h3-4,7H,1-2H2. The third-order valence-corrected chi connectivity index (χ3v) is 3.09. The van der Waals surface area contributed by atoms with Gasteiger partial charge in [0.1, 0.15) is 6.10 Å². The van der Waals surface area contributed by atoms with Crippen LogP contribution in [0.15, 0.2) is 21.2 Å². The summed E-state index contributed by atoms with van der Waals surface area (Å²) < 4.78 is 6.89. The van der Waals surface area contributed by atoms with Gasteiger partial charge in [-0.15, -0.1) is 0 Å². The van der Waals surface area contributed by atoms with Gasteiger partial charge >= 0.3 is 5.97 Å². The molecular formula is C9H7Br2NO2. The van der Waals surface area contributed by atoms with Crippen molar-refractivity contribution in [3.63, 3.8) is 0 Å². The quantitative estimate of drug-likeness (QED) is 0.747. The van der Waals surface area contributed by atoms with Crippen LogP contribution in [-0.2, 0) is 9.53 Å². The number of hydrogen-bond donors (Lipinski definition) is 0. The number of hydrogen-bond acceptors (Lipinski definition) is 3. The Balaban J connectivity index is 2.28. The molecule has 0 aromatic carbocycles. The van der Waals surface area contributed by atoms with Gasteiger partial charge in [-0.05, 0) is 37.9 Å². The molecule has 0 spiro atoms. The molecule has 1 aliphatic heterocycles. The van der Waals surface area contributed by atoms with Crippen molar-refractivity contribution in [2.24, 2.45) is 0 Å². The van der Waals surface area contributed by atoms with E-state index in [4.69, 9.17) is 4.74 Å². The van der Waals surface area contributed by atoms with Crippen molar-refractivity contribution >= 4 is 37.8 Å². The van der Waals surface area contributed by atoms with Crippen molar-refractivity contribution in [2.45, 2.75) is 18.9 Å². The Bertz CT molecular complexity index is 381. The molecule has 1 aromatic rings. The predicted octanol–water partition coefficient (Wildman–Crippen LogP) is 2.98. The summed E-state index contributed by atoms with van der Waals surface area (Å²) in [5.74, 6) is -0.147. The first-order chi connectivity index (χ1) is 6.66. The molecule has 1 saturated heterocycles. The molecule has 0 aliphatic carbocycles. The van der Waals surface area contributed by atoms with Gasteiger partial charge in [-0.2, -0.15) is 0 Å². The highest BCUT2D eigenvalue weighted by Gasteiger charge is 2.27. The number of nitrogens with zero attached hydrogens (tertiary/aromatic N) is 1. The molecule has 1 fully saturated rings. The Kier molecular flexibility index (Phi) is 2.88. The topological polar surface area (TPSA) is 39.2 Å². The normalized spacial score (nSPS) is 21.0. The lowest BCUT2D eigenvalue weighted by molar-refractivity contribution is -0.141. The third-order valence-electron chi connectivity index (χ3n) is 2.03. The van der Waals surface area contributed by atoms with E-state index in [0.717, 1.165) is 14.6 Å². The Hall–Kier alpha value is -0.420. The summed E-state index contributed by atoms with van der Waals surface area (Å²) in [5.41, 5.74) is 0.791. The lowest BCUT2D eigenvalue weighted by Crippen LogP contribution is -2.02. The molecule has 0 amide bonds. The summed E-state index contributed by atoms with van der Waals surface area (Å²) in [7, 11) is 0. The molecule has 2 rings (SSSR count). The molecule has 74 valence electrons. The molecule has 1 aromatic heterocycles. The highest BCUT2D eigenvalue weighted by Crippen LogP contribution is 2.33. The lowest BCUT2D eigenvalue weighted by atomic mass is 10.1. The van der Waals surface area contributed by atoms with Crippen LogP contribution in [0.25, 0.3) is 0 Å². The van der Waals surface area contributed by atoms with Crippen LogP contribution in [0.5, 0.6) is 0 Å². The van der Waals surface area contributed by atoms with Gasteiger partial charge in [-0.25, -0.2) is 0 Å². The lowest BCUT2D eigenvalue weighted by Gasteiger charge is -2.10. The fraction of sp³-hybridized carbons (Fsp3) is 0.333. The zero-order valence-electron chi connectivity index (χ0n) is 7.17. The highest BCUT2D eigenvalue weighted by molar-refractivity contribution is 9.11. The van der Waals surface area contributed by atoms with Gasteiger partial charge in [0.2, 0.25) is 0 Å². The number of cyclic esters (lactones) is 1. The maximum atomic E-state index is 10.9. The van der Waals surface area contributed by atoms with Gasteiger partial charge in [0.15, 0.2) is 0 Å². The van der Waals surface area contributed by atoms with Crippen molar-refractivity contribution < 1.29 is 9.53 Å². The number of ether oxygens (including phenoxy) is 1. The van der Waals surface area contributed by atoms with E-state index < -0.39 is 0 Å². The first-order valence-electron chi connectivity index (χ1n) is 4.17. The van der Waals surface area contributed by atoms with E-state index in [-0.39, 0.29) is 12.1 Å². The minimum atomic E-state index is -0.190. The Morgan fingerprint density at radius 2 is 2.29 bits per heavy atom. The van der Waals surface area contributed by atoms with Crippen LogP contribution in [0.2, 0.25) is 0 Å². The summed E-state index contributed by atoms with van der Waals surface area (Å²) in [4.78, 5) is 15.2. The molecule has 5 heteroatoms. The maximum absolute atomic E-state index is 10.9. The van der Waals surface area contributed by atoms with Gasteiger partial charge < -0.3 is 4.74 Å². The number of carbonyl (C=O) groups excluding carboxylic acids is 1. The summed E-state index contributed by atoms with van der Waals surface area (Å²) in [6.07, 6.45) is 2.71. The number of rotatable bonds is 1. The molecule has 0 N–H and O–H groups in total. The van der Waals surface area contributed by atoms with Crippen LogP contribution < -0.4 is 0 Å². The van der Waals surface area contributed by atoms with Gasteiger partial charge in [-0.1, -0.05) is 0 Å². The first kappa shape index (κ1) is 10.1. The monoisotopic (exact) mass is 319 g/mol. The number of halogens is 2. The fourth-order valence-corrected chi connectivity index (χ4v) is 2.62. The smallest absolute Gasteiger partial charge is 0.306 e. The Morgan fingerprint density at radius 3 is 2.86 bits per heavy atom. The zero-order valence-corrected chi connectivity index (χ0v) is 10.3. The van der Waals surface area contributed by atoms with Gasteiger partial charge in [0.05, 0.1) is 5.69 Å². The summed E-state index contributed by atoms with van der Waals surface area (Å²) in [6, 6.07) is 1.90. The second-order valence-corrected chi connectivity index (χ2v) is 4.81. The van der Waals surface area contributed by atoms with E-state index in [1.165, 1.54) is 0 Å². The number of aromatic nitrogens is 1. The Morgan fingerprint density at radius 1 is 1.50 bits per heavy atom. The van der Waals surface area contributed by atoms with Crippen LogP contribution in [0.1, 0.15) is 24.6 Å². The van der Waals surface area contributed by atoms with E-state index >= 15 is 0 Å². The van der Waals surface area contributed by atoms with Crippen LogP contribution in [0, 0.1) is 0 Å². The van der Waals surface area contributed by atoms with Crippen LogP contribution >= 0.6 is 31.9 Å². The molecule has 0 saturated carbocycles. The van der Waals surface area contributed by atoms with Gasteiger partial charge in [0, 0.05) is 28.0 Å². The second kappa shape index (κ2) is 3.98. The molecule has 14 heavy (non-hydrogen) atoms. The fourth-order valence-electron chi connectivity index (χ4n) is 1.38.